The predicted molar refractivity (Wildman–Crippen MR) is 75.0 cm³/mol. The molecule has 0 fully saturated rings. The molecule has 1 atom stereocenters. The molecule has 0 heterocycles. The van der Waals surface area contributed by atoms with E-state index in [1.165, 1.54) is 18.9 Å². The number of nitrogens with two attached hydrogens (primary N) is 1. The monoisotopic (exact) mass is 270 g/mol. The number of carbonyl (C=O) groups is 1. The van der Waals surface area contributed by atoms with Gasteiger partial charge in [-0.25, -0.2) is 0 Å². The summed E-state index contributed by atoms with van der Waals surface area (Å²) >= 11 is 1.39. The van der Waals surface area contributed by atoms with Crippen LogP contribution in [0.2, 0.25) is 0 Å². The number of methoxy groups -OCH3 is 1. The van der Waals surface area contributed by atoms with Gasteiger partial charge in [-0.3, -0.25) is 4.79 Å². The summed E-state index contributed by atoms with van der Waals surface area (Å²) in [5.74, 6) is 0.956. The second-order valence-electron chi connectivity index (χ2n) is 3.69. The summed E-state index contributed by atoms with van der Waals surface area (Å²) in [6.07, 6.45) is 0. The van der Waals surface area contributed by atoms with Gasteiger partial charge in [0.05, 0.1) is 24.7 Å². The highest BCUT2D eigenvalue weighted by molar-refractivity contribution is 8.00. The highest BCUT2D eigenvalue weighted by Crippen LogP contribution is 2.27. The average molecular weight is 270 g/mol. The highest BCUT2D eigenvalue weighted by atomic mass is 32.2. The topological polar surface area (TPSA) is 84.6 Å². The molecule has 18 heavy (non-hydrogen) atoms. The number of aliphatic hydroxyl groups is 1. The number of anilines is 2. The molecule has 0 aliphatic heterocycles. The van der Waals surface area contributed by atoms with Crippen LogP contribution in [-0.2, 0) is 4.79 Å². The van der Waals surface area contributed by atoms with Crippen molar-refractivity contribution in [2.24, 2.45) is 0 Å². The minimum Gasteiger partial charge on any atom is -0.495 e. The van der Waals surface area contributed by atoms with Crippen molar-refractivity contribution in [3.8, 4) is 5.75 Å². The zero-order valence-corrected chi connectivity index (χ0v) is 11.3. The molecule has 100 valence electrons. The molecule has 0 bridgehead atoms. The Labute approximate surface area is 111 Å². The third-order valence-corrected chi connectivity index (χ3v) is 3.44. The lowest BCUT2D eigenvalue weighted by Gasteiger charge is -2.14. The lowest BCUT2D eigenvalue weighted by molar-refractivity contribution is -0.115. The van der Waals surface area contributed by atoms with Gasteiger partial charge in [-0.2, -0.15) is 0 Å². The minimum atomic E-state index is -0.247. The lowest BCUT2D eigenvalue weighted by Crippen LogP contribution is -2.23. The maximum absolute atomic E-state index is 11.9. The number of carbonyl (C=O) groups excluding carboxylic acids is 1. The number of benzene rings is 1. The number of aliphatic hydroxyl groups excluding tert-OH is 1. The van der Waals surface area contributed by atoms with Crippen LogP contribution < -0.4 is 15.8 Å². The molecule has 1 aromatic rings. The van der Waals surface area contributed by atoms with E-state index in [1.54, 1.807) is 25.1 Å². The Bertz CT molecular complexity index is 412. The quantitative estimate of drug-likeness (QED) is 0.679. The van der Waals surface area contributed by atoms with E-state index in [4.69, 9.17) is 15.6 Å². The summed E-state index contributed by atoms with van der Waals surface area (Å²) in [5, 5.41) is 11.2. The summed E-state index contributed by atoms with van der Waals surface area (Å²) in [6, 6.07) is 5.06. The molecule has 5 nitrogen and oxygen atoms in total. The number of hydrogen-bond acceptors (Lipinski definition) is 5. The van der Waals surface area contributed by atoms with Gasteiger partial charge in [0, 0.05) is 11.4 Å². The summed E-state index contributed by atoms with van der Waals surface area (Å²) in [4.78, 5) is 11.9. The van der Waals surface area contributed by atoms with Gasteiger partial charge < -0.3 is 20.9 Å². The van der Waals surface area contributed by atoms with Crippen molar-refractivity contribution in [3.63, 3.8) is 0 Å². The van der Waals surface area contributed by atoms with Crippen molar-refractivity contribution >= 4 is 29.0 Å². The molecule has 1 amide bonds. The van der Waals surface area contributed by atoms with E-state index in [9.17, 15) is 4.79 Å². The van der Waals surface area contributed by atoms with Crippen molar-refractivity contribution in [1.82, 2.24) is 0 Å². The fourth-order valence-electron chi connectivity index (χ4n) is 1.36. The highest BCUT2D eigenvalue weighted by Gasteiger charge is 2.15. The molecule has 0 radical (unpaired) electrons. The number of rotatable bonds is 6. The van der Waals surface area contributed by atoms with E-state index < -0.39 is 0 Å². The van der Waals surface area contributed by atoms with Crippen molar-refractivity contribution in [2.75, 3.05) is 30.5 Å². The Morgan fingerprint density at radius 1 is 1.61 bits per heavy atom. The first-order valence-electron chi connectivity index (χ1n) is 5.55. The van der Waals surface area contributed by atoms with Crippen LogP contribution in [0, 0.1) is 0 Å². The second kappa shape index (κ2) is 7.13. The van der Waals surface area contributed by atoms with Gasteiger partial charge in [0.25, 0.3) is 0 Å². The molecule has 0 aromatic heterocycles. The maximum Gasteiger partial charge on any atom is 0.237 e. The Hall–Kier alpha value is -1.40. The number of ether oxygens (including phenoxy) is 1. The van der Waals surface area contributed by atoms with Gasteiger partial charge in [0.15, 0.2) is 0 Å². The second-order valence-corrected chi connectivity index (χ2v) is 5.13. The summed E-state index contributed by atoms with van der Waals surface area (Å²) in [5.41, 5.74) is 6.78. The molecule has 0 spiro atoms. The fraction of sp³-hybridized carbons (Fsp3) is 0.417. The van der Waals surface area contributed by atoms with E-state index in [0.29, 0.717) is 22.9 Å². The molecule has 0 saturated heterocycles. The Morgan fingerprint density at radius 2 is 2.33 bits per heavy atom. The first kappa shape index (κ1) is 14.7. The van der Waals surface area contributed by atoms with E-state index in [1.807, 2.05) is 0 Å². The van der Waals surface area contributed by atoms with Gasteiger partial charge in [0.1, 0.15) is 5.75 Å². The maximum atomic E-state index is 11.9. The summed E-state index contributed by atoms with van der Waals surface area (Å²) in [7, 11) is 1.53. The lowest BCUT2D eigenvalue weighted by atomic mass is 10.2. The predicted octanol–water partition coefficient (Wildman–Crippen LogP) is 1.33. The van der Waals surface area contributed by atoms with E-state index >= 15 is 0 Å². The number of thioether (sulfide) groups is 1. The molecule has 1 unspecified atom stereocenters. The molecule has 0 aliphatic carbocycles. The van der Waals surface area contributed by atoms with E-state index in [-0.39, 0.29) is 17.8 Å². The SMILES string of the molecule is COc1ccc(N)cc1NC(=O)C(C)SCCO. The van der Waals surface area contributed by atoms with Crippen LogP contribution in [0.4, 0.5) is 11.4 Å². The summed E-state index contributed by atoms with van der Waals surface area (Å²) < 4.78 is 5.15. The van der Waals surface area contributed by atoms with Crippen molar-refractivity contribution in [2.45, 2.75) is 12.2 Å². The normalized spacial score (nSPS) is 11.9. The molecular weight excluding hydrogens is 252 g/mol. The zero-order valence-electron chi connectivity index (χ0n) is 10.5. The largest absolute Gasteiger partial charge is 0.495 e. The van der Waals surface area contributed by atoms with Crippen LogP contribution in [0.1, 0.15) is 6.92 Å². The molecule has 0 saturated carbocycles. The Balaban J connectivity index is 2.71. The number of nitrogens with one attached hydrogen (secondary N) is 1. The van der Waals surface area contributed by atoms with Crippen molar-refractivity contribution in [1.29, 1.82) is 0 Å². The van der Waals surface area contributed by atoms with Crippen LogP contribution in [0.3, 0.4) is 0 Å². The molecule has 6 heteroatoms. The van der Waals surface area contributed by atoms with Gasteiger partial charge in [-0.15, -0.1) is 11.8 Å². The van der Waals surface area contributed by atoms with Crippen LogP contribution in [0.15, 0.2) is 18.2 Å². The van der Waals surface area contributed by atoms with Gasteiger partial charge >= 0.3 is 0 Å². The summed E-state index contributed by atoms with van der Waals surface area (Å²) in [6.45, 7) is 1.85. The van der Waals surface area contributed by atoms with E-state index in [2.05, 4.69) is 5.32 Å². The molecule has 1 aromatic carbocycles. The third-order valence-electron chi connectivity index (χ3n) is 2.31. The Kier molecular flexibility index (Phi) is 5.80. The number of nitrogen functional groups attached to an aromatic ring is 1. The third kappa shape index (κ3) is 4.12. The average Bonchev–Trinajstić information content (AvgIpc) is 2.36. The number of hydrogen-bond donors (Lipinski definition) is 3. The smallest absolute Gasteiger partial charge is 0.237 e. The number of amides is 1. The first-order valence-corrected chi connectivity index (χ1v) is 6.60. The van der Waals surface area contributed by atoms with Crippen LogP contribution >= 0.6 is 11.8 Å². The van der Waals surface area contributed by atoms with Crippen LogP contribution in [0.5, 0.6) is 5.75 Å². The Morgan fingerprint density at radius 3 is 2.94 bits per heavy atom. The minimum absolute atomic E-state index is 0.0594. The van der Waals surface area contributed by atoms with E-state index in [0.717, 1.165) is 0 Å². The van der Waals surface area contributed by atoms with Crippen LogP contribution in [0.25, 0.3) is 0 Å². The molecule has 4 N–H and O–H groups in total. The zero-order chi connectivity index (χ0) is 13.5. The molecule has 0 aliphatic rings. The van der Waals surface area contributed by atoms with Gasteiger partial charge in [-0.1, -0.05) is 0 Å². The standard InChI is InChI=1S/C12H18N2O3S/c1-8(18-6-5-15)12(16)14-10-7-9(13)3-4-11(10)17-2/h3-4,7-8,15H,5-6,13H2,1-2H3,(H,14,16). The van der Waals surface area contributed by atoms with Crippen LogP contribution in [-0.4, -0.2) is 35.7 Å². The van der Waals surface area contributed by atoms with Crippen molar-refractivity contribution in [3.05, 3.63) is 18.2 Å². The fourth-order valence-corrected chi connectivity index (χ4v) is 2.03. The van der Waals surface area contributed by atoms with Gasteiger partial charge in [0.2, 0.25) is 5.91 Å². The van der Waals surface area contributed by atoms with Gasteiger partial charge in [-0.05, 0) is 25.1 Å². The molecule has 1 rings (SSSR count). The first-order chi connectivity index (χ1) is 8.58. The molecular formula is C12H18N2O3S. The van der Waals surface area contributed by atoms with Crippen molar-refractivity contribution < 1.29 is 14.6 Å².